The second kappa shape index (κ2) is 9.87. The van der Waals surface area contributed by atoms with Crippen molar-refractivity contribution in [1.82, 2.24) is 15.5 Å². The van der Waals surface area contributed by atoms with Crippen molar-refractivity contribution in [3.05, 3.63) is 25.3 Å². The van der Waals surface area contributed by atoms with Crippen molar-refractivity contribution in [3.8, 4) is 0 Å². The molecule has 0 aromatic rings. The van der Waals surface area contributed by atoms with E-state index in [1.54, 1.807) is 4.90 Å². The van der Waals surface area contributed by atoms with E-state index in [-0.39, 0.29) is 17.7 Å². The van der Waals surface area contributed by atoms with Crippen LogP contribution in [0.25, 0.3) is 0 Å². The Hall–Kier alpha value is -2.11. The zero-order chi connectivity index (χ0) is 14.7. The van der Waals surface area contributed by atoms with Gasteiger partial charge in [-0.2, -0.15) is 0 Å². The van der Waals surface area contributed by atoms with E-state index in [0.29, 0.717) is 32.6 Å². The van der Waals surface area contributed by atoms with Crippen molar-refractivity contribution in [2.45, 2.75) is 13.3 Å². The number of hydrogen-bond acceptors (Lipinski definition) is 3. The predicted molar refractivity (Wildman–Crippen MR) is 73.3 cm³/mol. The molecule has 0 aliphatic carbocycles. The first-order valence-electron chi connectivity index (χ1n) is 6.07. The van der Waals surface area contributed by atoms with Crippen molar-refractivity contribution < 1.29 is 14.4 Å². The summed E-state index contributed by atoms with van der Waals surface area (Å²) in [6.45, 7) is 9.96. The highest BCUT2D eigenvalue weighted by Gasteiger charge is 2.09. The number of rotatable bonds is 9. The van der Waals surface area contributed by atoms with Crippen LogP contribution in [0.5, 0.6) is 0 Å². The van der Waals surface area contributed by atoms with Gasteiger partial charge < -0.3 is 15.5 Å². The number of hydrogen-bond donors (Lipinski definition) is 2. The molecule has 3 amide bonds. The minimum Gasteiger partial charge on any atom is -0.356 e. The molecular weight excluding hydrogens is 246 g/mol. The van der Waals surface area contributed by atoms with Gasteiger partial charge in [0.1, 0.15) is 0 Å². The molecule has 0 aromatic carbocycles. The molecule has 6 heteroatoms. The van der Waals surface area contributed by atoms with Gasteiger partial charge in [-0.1, -0.05) is 13.2 Å². The Morgan fingerprint density at radius 1 is 1.05 bits per heavy atom. The molecule has 0 heterocycles. The van der Waals surface area contributed by atoms with Crippen LogP contribution in [-0.4, -0.2) is 48.8 Å². The molecule has 106 valence electrons. The Balaban J connectivity index is 4.05. The van der Waals surface area contributed by atoms with Gasteiger partial charge in [-0.15, -0.1) is 0 Å². The van der Waals surface area contributed by atoms with E-state index < -0.39 is 0 Å². The fourth-order valence-electron chi connectivity index (χ4n) is 1.38. The third kappa shape index (κ3) is 8.59. The van der Waals surface area contributed by atoms with Crippen LogP contribution < -0.4 is 10.6 Å². The molecule has 0 atom stereocenters. The molecule has 0 bridgehead atoms. The van der Waals surface area contributed by atoms with Crippen LogP contribution in [0.1, 0.15) is 13.3 Å². The highest BCUT2D eigenvalue weighted by atomic mass is 16.2. The summed E-state index contributed by atoms with van der Waals surface area (Å²) in [7, 11) is 0. The zero-order valence-electron chi connectivity index (χ0n) is 11.3. The van der Waals surface area contributed by atoms with Gasteiger partial charge in [0.15, 0.2) is 0 Å². The van der Waals surface area contributed by atoms with Crippen LogP contribution in [0.4, 0.5) is 0 Å². The summed E-state index contributed by atoms with van der Waals surface area (Å²) >= 11 is 0. The van der Waals surface area contributed by atoms with Crippen molar-refractivity contribution in [1.29, 1.82) is 0 Å². The number of carbonyl (C=O) groups excluding carboxylic acids is 3. The lowest BCUT2D eigenvalue weighted by Crippen LogP contribution is -2.38. The van der Waals surface area contributed by atoms with E-state index in [1.807, 2.05) is 0 Å². The first-order valence-corrected chi connectivity index (χ1v) is 6.07. The number of carbonyl (C=O) groups is 3. The summed E-state index contributed by atoms with van der Waals surface area (Å²) in [5.74, 6) is -0.570. The maximum Gasteiger partial charge on any atom is 0.246 e. The third-order valence-electron chi connectivity index (χ3n) is 2.33. The minimum absolute atomic E-state index is 0.0974. The number of amides is 3. The molecule has 0 aromatic heterocycles. The third-order valence-corrected chi connectivity index (χ3v) is 2.33. The van der Waals surface area contributed by atoms with Crippen LogP contribution in [-0.2, 0) is 14.4 Å². The molecular formula is C13H21N3O3. The Bertz CT molecular complexity index is 353. The molecule has 0 saturated carbocycles. The van der Waals surface area contributed by atoms with Gasteiger partial charge in [0.05, 0.1) is 0 Å². The molecule has 0 spiro atoms. The molecule has 0 aliphatic rings. The van der Waals surface area contributed by atoms with Crippen molar-refractivity contribution in [2.75, 3.05) is 26.2 Å². The Morgan fingerprint density at radius 2 is 1.74 bits per heavy atom. The van der Waals surface area contributed by atoms with E-state index in [1.165, 1.54) is 19.1 Å². The van der Waals surface area contributed by atoms with Gasteiger partial charge in [0.2, 0.25) is 17.7 Å². The zero-order valence-corrected chi connectivity index (χ0v) is 11.3. The van der Waals surface area contributed by atoms with Crippen molar-refractivity contribution in [3.63, 3.8) is 0 Å². The standard InChI is InChI=1S/C13H21N3O3/c1-4-12(18)15-8-10-16(13(19)5-2)9-6-7-14-11(3)17/h4-5H,1-2,6-10H2,3H3,(H,14,17)(H,15,18). The first-order chi connectivity index (χ1) is 9.01. The van der Waals surface area contributed by atoms with Gasteiger partial charge in [-0.25, -0.2) is 0 Å². The monoisotopic (exact) mass is 267 g/mol. The van der Waals surface area contributed by atoms with Crippen molar-refractivity contribution in [2.24, 2.45) is 0 Å². The SMILES string of the molecule is C=CC(=O)NCCN(CCCNC(C)=O)C(=O)C=C. The number of nitrogens with one attached hydrogen (secondary N) is 2. The fraction of sp³-hybridized carbons (Fsp3) is 0.462. The average molecular weight is 267 g/mol. The first kappa shape index (κ1) is 16.9. The van der Waals surface area contributed by atoms with Gasteiger partial charge >= 0.3 is 0 Å². The fourth-order valence-corrected chi connectivity index (χ4v) is 1.38. The quantitative estimate of drug-likeness (QED) is 0.450. The van der Waals surface area contributed by atoms with E-state index >= 15 is 0 Å². The second-order valence-corrected chi connectivity index (χ2v) is 3.86. The average Bonchev–Trinajstić information content (AvgIpc) is 2.39. The number of nitrogens with zero attached hydrogens (tertiary/aromatic N) is 1. The lowest BCUT2D eigenvalue weighted by atomic mass is 10.3. The highest BCUT2D eigenvalue weighted by molar-refractivity contribution is 5.88. The Kier molecular flexibility index (Phi) is 8.78. The van der Waals surface area contributed by atoms with E-state index in [0.717, 1.165) is 0 Å². The molecule has 19 heavy (non-hydrogen) atoms. The van der Waals surface area contributed by atoms with Crippen LogP contribution in [0, 0.1) is 0 Å². The maximum absolute atomic E-state index is 11.6. The normalized spacial score (nSPS) is 9.32. The van der Waals surface area contributed by atoms with Crippen LogP contribution in [0.2, 0.25) is 0 Å². The summed E-state index contributed by atoms with van der Waals surface area (Å²) < 4.78 is 0. The van der Waals surface area contributed by atoms with E-state index in [4.69, 9.17) is 0 Å². The van der Waals surface area contributed by atoms with Gasteiger partial charge in [0, 0.05) is 33.1 Å². The van der Waals surface area contributed by atoms with Crippen LogP contribution in [0.3, 0.4) is 0 Å². The summed E-state index contributed by atoms with van der Waals surface area (Å²) in [6.07, 6.45) is 3.05. The summed E-state index contributed by atoms with van der Waals surface area (Å²) in [6, 6.07) is 0. The second-order valence-electron chi connectivity index (χ2n) is 3.86. The Morgan fingerprint density at radius 3 is 2.26 bits per heavy atom. The van der Waals surface area contributed by atoms with Crippen LogP contribution in [0.15, 0.2) is 25.3 Å². The molecule has 0 aliphatic heterocycles. The highest BCUT2D eigenvalue weighted by Crippen LogP contribution is 1.93. The molecule has 0 radical (unpaired) electrons. The topological polar surface area (TPSA) is 78.5 Å². The van der Waals surface area contributed by atoms with Gasteiger partial charge in [-0.05, 0) is 18.6 Å². The van der Waals surface area contributed by atoms with Crippen molar-refractivity contribution >= 4 is 17.7 Å². The minimum atomic E-state index is -0.274. The molecule has 6 nitrogen and oxygen atoms in total. The molecule has 0 saturated heterocycles. The maximum atomic E-state index is 11.6. The van der Waals surface area contributed by atoms with E-state index in [9.17, 15) is 14.4 Å². The Labute approximate surface area is 113 Å². The molecule has 2 N–H and O–H groups in total. The molecule has 0 fully saturated rings. The smallest absolute Gasteiger partial charge is 0.246 e. The summed E-state index contributed by atoms with van der Waals surface area (Å²) in [5.41, 5.74) is 0. The van der Waals surface area contributed by atoms with Crippen LogP contribution >= 0.6 is 0 Å². The lowest BCUT2D eigenvalue weighted by Gasteiger charge is -2.21. The molecule has 0 unspecified atom stereocenters. The largest absolute Gasteiger partial charge is 0.356 e. The predicted octanol–water partition coefficient (Wildman–Crippen LogP) is -0.171. The van der Waals surface area contributed by atoms with Gasteiger partial charge in [0.25, 0.3) is 0 Å². The van der Waals surface area contributed by atoms with Gasteiger partial charge in [-0.3, -0.25) is 14.4 Å². The van der Waals surface area contributed by atoms with E-state index in [2.05, 4.69) is 23.8 Å². The summed E-state index contributed by atoms with van der Waals surface area (Å²) in [4.78, 5) is 34.8. The lowest BCUT2D eigenvalue weighted by molar-refractivity contribution is -0.126. The molecule has 0 rings (SSSR count). The summed E-state index contributed by atoms with van der Waals surface area (Å²) in [5, 5.41) is 5.25.